The number of pyridine rings is 1. The maximum Gasteiger partial charge on any atom is 0.0346 e. The number of fused-ring (bicyclic) bond motifs is 1. The Morgan fingerprint density at radius 2 is 1.19 bits per heavy atom. The van der Waals surface area contributed by atoms with Crippen LogP contribution in [-0.4, -0.2) is 4.98 Å². The van der Waals surface area contributed by atoms with Crippen molar-refractivity contribution in [1.29, 1.82) is 0 Å². The first kappa shape index (κ1) is 17.0. The average Bonchev–Trinajstić information content (AvgIpc) is 2.45. The number of hydrogen-bond donors (Lipinski definition) is 0. The Labute approximate surface area is 101 Å². The minimum Gasteiger partial charge on any atom is -0.264 e. The van der Waals surface area contributed by atoms with E-state index in [4.69, 9.17) is 0 Å². The molecule has 0 spiro atoms. The van der Waals surface area contributed by atoms with E-state index >= 15 is 0 Å². The Hall–Kier alpha value is -1.37. The van der Waals surface area contributed by atoms with E-state index in [-0.39, 0.29) is 0 Å². The van der Waals surface area contributed by atoms with E-state index in [1.807, 2.05) is 72.1 Å². The highest BCUT2D eigenvalue weighted by Crippen LogP contribution is 2.09. The van der Waals surface area contributed by atoms with Crippen molar-refractivity contribution in [3.05, 3.63) is 42.7 Å². The molecule has 0 saturated heterocycles. The summed E-state index contributed by atoms with van der Waals surface area (Å²) in [4.78, 5) is 4.01. The first-order valence-corrected chi connectivity index (χ1v) is 6.25. The van der Waals surface area contributed by atoms with E-state index in [1.54, 1.807) is 0 Å². The fraction of sp³-hybridized carbons (Fsp3) is 0.400. The number of aromatic nitrogens is 1. The van der Waals surface area contributed by atoms with Gasteiger partial charge in [0.05, 0.1) is 0 Å². The highest BCUT2D eigenvalue weighted by atomic mass is 14.6. The summed E-state index contributed by atoms with van der Waals surface area (Å²) in [6.07, 6.45) is 3.68. The Balaban J connectivity index is 0. The number of hydrogen-bond acceptors (Lipinski definition) is 1. The van der Waals surface area contributed by atoms with Gasteiger partial charge in [0.2, 0.25) is 0 Å². The predicted octanol–water partition coefficient (Wildman–Crippen LogP) is 5.31. The van der Waals surface area contributed by atoms with Gasteiger partial charge in [-0.1, -0.05) is 65.8 Å². The molecule has 1 aromatic heterocycles. The molecule has 0 radical (unpaired) electrons. The second-order valence-corrected chi connectivity index (χ2v) is 2.22. The normalized spacial score (nSPS) is 7.38. The van der Waals surface area contributed by atoms with E-state index in [0.717, 1.165) is 0 Å². The van der Waals surface area contributed by atoms with Gasteiger partial charge in [0.15, 0.2) is 0 Å². The molecule has 0 atom stereocenters. The summed E-state index contributed by atoms with van der Waals surface area (Å²) in [6, 6.07) is 10.2. The maximum atomic E-state index is 4.01. The molecule has 0 aliphatic rings. The van der Waals surface area contributed by atoms with Crippen molar-refractivity contribution >= 4 is 10.8 Å². The topological polar surface area (TPSA) is 12.9 Å². The van der Waals surface area contributed by atoms with Crippen LogP contribution in [0.25, 0.3) is 10.8 Å². The smallest absolute Gasteiger partial charge is 0.0346 e. The molecule has 1 nitrogen and oxygen atoms in total. The molecule has 1 heterocycles. The molecule has 0 saturated carbocycles. The molecule has 0 N–H and O–H groups in total. The number of benzene rings is 1. The van der Waals surface area contributed by atoms with E-state index in [0.29, 0.717) is 0 Å². The lowest BCUT2D eigenvalue weighted by Crippen LogP contribution is -1.71. The standard InChI is InChI=1S/C9H7N.3C2H6/c1-2-4-9-7-10-6-5-8(9)3-1;3*1-2/h1-7H;3*1-2H3. The second kappa shape index (κ2) is 13.6. The lowest BCUT2D eigenvalue weighted by molar-refractivity contribution is 1.36. The third-order valence-electron chi connectivity index (χ3n) is 1.55. The number of rotatable bonds is 0. The van der Waals surface area contributed by atoms with Crippen LogP contribution in [0.4, 0.5) is 0 Å². The van der Waals surface area contributed by atoms with Crippen LogP contribution in [0, 0.1) is 0 Å². The Morgan fingerprint density at radius 1 is 0.688 bits per heavy atom. The van der Waals surface area contributed by atoms with E-state index in [1.165, 1.54) is 10.8 Å². The SMILES string of the molecule is CC.CC.CC.c1ccc2cnccc2c1. The van der Waals surface area contributed by atoms with Gasteiger partial charge in [-0.05, 0) is 16.8 Å². The van der Waals surface area contributed by atoms with Crippen LogP contribution in [0.1, 0.15) is 41.5 Å². The molecule has 0 aliphatic heterocycles. The van der Waals surface area contributed by atoms with Gasteiger partial charge in [-0.2, -0.15) is 0 Å². The Bertz CT molecular complexity index is 276. The molecule has 0 bridgehead atoms. The average molecular weight is 219 g/mol. The van der Waals surface area contributed by atoms with Crippen LogP contribution < -0.4 is 0 Å². The van der Waals surface area contributed by atoms with Crippen molar-refractivity contribution in [1.82, 2.24) is 4.98 Å². The number of nitrogens with zero attached hydrogens (tertiary/aromatic N) is 1. The molecule has 0 aliphatic carbocycles. The molecule has 0 amide bonds. The van der Waals surface area contributed by atoms with Crippen molar-refractivity contribution in [3.63, 3.8) is 0 Å². The zero-order valence-electron chi connectivity index (χ0n) is 11.5. The van der Waals surface area contributed by atoms with Crippen molar-refractivity contribution in [2.75, 3.05) is 0 Å². The van der Waals surface area contributed by atoms with E-state index in [9.17, 15) is 0 Å². The molecule has 2 rings (SSSR count). The zero-order valence-corrected chi connectivity index (χ0v) is 11.5. The molecular weight excluding hydrogens is 194 g/mol. The maximum absolute atomic E-state index is 4.01. The summed E-state index contributed by atoms with van der Waals surface area (Å²) in [5, 5.41) is 2.45. The van der Waals surface area contributed by atoms with Crippen LogP contribution in [0.15, 0.2) is 42.7 Å². The Kier molecular flexibility index (Phi) is 14.5. The fourth-order valence-corrected chi connectivity index (χ4v) is 1.03. The first-order chi connectivity index (χ1) is 7.97. The van der Waals surface area contributed by atoms with E-state index < -0.39 is 0 Å². The van der Waals surface area contributed by atoms with Crippen LogP contribution >= 0.6 is 0 Å². The van der Waals surface area contributed by atoms with Gasteiger partial charge in [0, 0.05) is 12.4 Å². The summed E-state index contributed by atoms with van der Waals surface area (Å²) in [5.41, 5.74) is 0. The largest absolute Gasteiger partial charge is 0.264 e. The second-order valence-electron chi connectivity index (χ2n) is 2.22. The van der Waals surface area contributed by atoms with Gasteiger partial charge in [-0.25, -0.2) is 0 Å². The van der Waals surface area contributed by atoms with Crippen molar-refractivity contribution < 1.29 is 0 Å². The molecule has 0 unspecified atom stereocenters. The van der Waals surface area contributed by atoms with Crippen LogP contribution in [-0.2, 0) is 0 Å². The van der Waals surface area contributed by atoms with Gasteiger partial charge in [0.1, 0.15) is 0 Å². The van der Waals surface area contributed by atoms with Crippen LogP contribution in [0.2, 0.25) is 0 Å². The van der Waals surface area contributed by atoms with Gasteiger partial charge in [0.25, 0.3) is 0 Å². The predicted molar refractivity (Wildman–Crippen MR) is 75.8 cm³/mol. The first-order valence-electron chi connectivity index (χ1n) is 6.25. The van der Waals surface area contributed by atoms with Crippen LogP contribution in [0.3, 0.4) is 0 Å². The quantitative estimate of drug-likeness (QED) is 0.585. The minimum atomic E-state index is 1.20. The molecule has 1 heteroatoms. The van der Waals surface area contributed by atoms with Crippen molar-refractivity contribution in [2.24, 2.45) is 0 Å². The molecule has 0 fully saturated rings. The summed E-state index contributed by atoms with van der Waals surface area (Å²) in [6.45, 7) is 12.0. The molecular formula is C15H25N. The Morgan fingerprint density at radius 3 is 1.69 bits per heavy atom. The van der Waals surface area contributed by atoms with Gasteiger partial charge >= 0.3 is 0 Å². The fourth-order valence-electron chi connectivity index (χ4n) is 1.03. The zero-order chi connectivity index (χ0) is 12.8. The third-order valence-corrected chi connectivity index (χ3v) is 1.55. The monoisotopic (exact) mass is 219 g/mol. The summed E-state index contributed by atoms with van der Waals surface area (Å²) < 4.78 is 0. The summed E-state index contributed by atoms with van der Waals surface area (Å²) >= 11 is 0. The molecule has 2 aromatic rings. The third kappa shape index (κ3) is 6.18. The summed E-state index contributed by atoms with van der Waals surface area (Å²) in [7, 11) is 0. The minimum absolute atomic E-state index is 1.20. The van der Waals surface area contributed by atoms with Gasteiger partial charge in [-0.15, -0.1) is 0 Å². The lowest BCUT2D eigenvalue weighted by Gasteiger charge is -1.91. The van der Waals surface area contributed by atoms with Crippen molar-refractivity contribution in [2.45, 2.75) is 41.5 Å². The van der Waals surface area contributed by atoms with Crippen LogP contribution in [0.5, 0.6) is 0 Å². The van der Waals surface area contributed by atoms with E-state index in [2.05, 4.69) is 17.1 Å². The van der Waals surface area contributed by atoms with Gasteiger partial charge < -0.3 is 0 Å². The van der Waals surface area contributed by atoms with Gasteiger partial charge in [-0.3, -0.25) is 4.98 Å². The summed E-state index contributed by atoms with van der Waals surface area (Å²) in [5.74, 6) is 0. The van der Waals surface area contributed by atoms with Crippen molar-refractivity contribution in [3.8, 4) is 0 Å². The molecule has 1 aromatic carbocycles. The highest BCUT2D eigenvalue weighted by Gasteiger charge is 1.86. The highest BCUT2D eigenvalue weighted by molar-refractivity contribution is 5.80. The molecule has 16 heavy (non-hydrogen) atoms. The molecule has 90 valence electrons. The lowest BCUT2D eigenvalue weighted by atomic mass is 10.2.